The van der Waals surface area contributed by atoms with E-state index in [-0.39, 0.29) is 11.3 Å². The number of aromatic nitrogens is 2. The van der Waals surface area contributed by atoms with Crippen LogP contribution in [0.2, 0.25) is 0 Å². The van der Waals surface area contributed by atoms with Crippen molar-refractivity contribution < 1.29 is 9.53 Å². The van der Waals surface area contributed by atoms with Crippen molar-refractivity contribution in [3.8, 4) is 5.75 Å². The van der Waals surface area contributed by atoms with E-state index in [4.69, 9.17) is 9.72 Å². The molecule has 0 saturated heterocycles. The molecule has 3 aromatic rings. The number of hydrogen-bond donors (Lipinski definition) is 1. The van der Waals surface area contributed by atoms with E-state index in [1.165, 1.54) is 5.56 Å². The van der Waals surface area contributed by atoms with Gasteiger partial charge in [-0.15, -0.1) is 0 Å². The van der Waals surface area contributed by atoms with Gasteiger partial charge in [0.25, 0.3) is 0 Å². The van der Waals surface area contributed by atoms with E-state index in [0.717, 1.165) is 47.6 Å². The summed E-state index contributed by atoms with van der Waals surface area (Å²) < 4.78 is 8.30. The van der Waals surface area contributed by atoms with Crippen LogP contribution in [0.15, 0.2) is 42.5 Å². The normalized spacial score (nSPS) is 11.6. The Balaban J connectivity index is 1.65. The Morgan fingerprint density at radius 2 is 1.90 bits per heavy atom. The second-order valence-electron chi connectivity index (χ2n) is 8.90. The van der Waals surface area contributed by atoms with Crippen LogP contribution in [0.1, 0.15) is 44.1 Å². The fourth-order valence-corrected chi connectivity index (χ4v) is 3.49. The Morgan fingerprint density at radius 1 is 1.13 bits per heavy atom. The van der Waals surface area contributed by atoms with Crippen molar-refractivity contribution >= 4 is 16.9 Å². The van der Waals surface area contributed by atoms with Gasteiger partial charge in [-0.2, -0.15) is 0 Å². The van der Waals surface area contributed by atoms with Crippen LogP contribution in [0, 0.1) is 19.3 Å². The monoisotopic (exact) mass is 407 g/mol. The predicted octanol–water partition coefficient (Wildman–Crippen LogP) is 4.83. The van der Waals surface area contributed by atoms with E-state index in [2.05, 4.69) is 41.9 Å². The van der Waals surface area contributed by atoms with E-state index in [9.17, 15) is 4.79 Å². The van der Waals surface area contributed by atoms with Gasteiger partial charge < -0.3 is 14.6 Å². The molecule has 0 atom stereocenters. The quantitative estimate of drug-likeness (QED) is 0.544. The molecule has 2 aromatic carbocycles. The van der Waals surface area contributed by atoms with Crippen molar-refractivity contribution in [2.24, 2.45) is 5.41 Å². The highest BCUT2D eigenvalue weighted by Gasteiger charge is 2.20. The summed E-state index contributed by atoms with van der Waals surface area (Å²) in [5.41, 5.74) is 4.15. The third kappa shape index (κ3) is 5.41. The lowest BCUT2D eigenvalue weighted by Gasteiger charge is -2.17. The molecule has 1 aromatic heterocycles. The first-order chi connectivity index (χ1) is 14.3. The van der Waals surface area contributed by atoms with E-state index in [1.807, 2.05) is 45.0 Å². The molecule has 0 fully saturated rings. The molecule has 0 spiro atoms. The molecule has 0 unspecified atom stereocenters. The third-order valence-electron chi connectivity index (χ3n) is 5.18. The molecule has 1 amide bonds. The van der Waals surface area contributed by atoms with Crippen LogP contribution in [-0.4, -0.2) is 28.6 Å². The number of rotatable bonds is 8. The molecule has 0 saturated carbocycles. The van der Waals surface area contributed by atoms with Crippen LogP contribution in [0.25, 0.3) is 11.0 Å². The van der Waals surface area contributed by atoms with Gasteiger partial charge in [-0.25, -0.2) is 4.98 Å². The molecule has 0 bridgehead atoms. The summed E-state index contributed by atoms with van der Waals surface area (Å²) in [4.78, 5) is 16.9. The smallest absolute Gasteiger partial charge is 0.225 e. The van der Waals surface area contributed by atoms with Crippen LogP contribution < -0.4 is 10.1 Å². The molecule has 3 rings (SSSR count). The predicted molar refractivity (Wildman–Crippen MR) is 122 cm³/mol. The number of aryl methyl sites for hydroxylation is 3. The highest BCUT2D eigenvalue weighted by atomic mass is 16.5. The lowest BCUT2D eigenvalue weighted by atomic mass is 9.96. The first kappa shape index (κ1) is 21.9. The van der Waals surface area contributed by atoms with Crippen molar-refractivity contribution in [1.29, 1.82) is 0 Å². The van der Waals surface area contributed by atoms with Gasteiger partial charge in [-0.05, 0) is 44.0 Å². The van der Waals surface area contributed by atoms with E-state index >= 15 is 0 Å². The first-order valence-electron chi connectivity index (χ1n) is 10.7. The number of amides is 1. The van der Waals surface area contributed by atoms with Gasteiger partial charge in [0.1, 0.15) is 18.2 Å². The molecular weight excluding hydrogens is 374 g/mol. The molecule has 0 aliphatic heterocycles. The van der Waals surface area contributed by atoms with E-state index < -0.39 is 0 Å². The number of benzene rings is 2. The zero-order chi connectivity index (χ0) is 21.7. The SMILES string of the molecule is Cc1ccc(OCCn2c(CCCNC(=O)C(C)(C)C)nc3ccccc32)c(C)c1. The Morgan fingerprint density at radius 3 is 2.63 bits per heavy atom. The van der Waals surface area contributed by atoms with Gasteiger partial charge in [0.15, 0.2) is 0 Å². The fraction of sp³-hybridized carbons (Fsp3) is 0.440. The van der Waals surface area contributed by atoms with E-state index in [1.54, 1.807) is 0 Å². The Labute approximate surface area is 179 Å². The molecule has 0 radical (unpaired) electrons. The number of para-hydroxylation sites is 2. The summed E-state index contributed by atoms with van der Waals surface area (Å²) in [7, 11) is 0. The number of fused-ring (bicyclic) bond motifs is 1. The lowest BCUT2D eigenvalue weighted by Crippen LogP contribution is -2.35. The summed E-state index contributed by atoms with van der Waals surface area (Å²) in [6.07, 6.45) is 1.66. The van der Waals surface area contributed by atoms with Crippen molar-refractivity contribution in [2.45, 2.75) is 54.0 Å². The molecule has 160 valence electrons. The number of carbonyl (C=O) groups excluding carboxylic acids is 1. The third-order valence-corrected chi connectivity index (χ3v) is 5.18. The van der Waals surface area contributed by atoms with Crippen molar-refractivity contribution in [2.75, 3.05) is 13.2 Å². The summed E-state index contributed by atoms with van der Waals surface area (Å²) in [5.74, 6) is 2.04. The topological polar surface area (TPSA) is 56.1 Å². The molecule has 5 nitrogen and oxygen atoms in total. The van der Waals surface area contributed by atoms with Gasteiger partial charge in [-0.1, -0.05) is 50.6 Å². The fourth-order valence-electron chi connectivity index (χ4n) is 3.49. The van der Waals surface area contributed by atoms with Crippen LogP contribution >= 0.6 is 0 Å². The number of imidazole rings is 1. The number of carbonyl (C=O) groups is 1. The lowest BCUT2D eigenvalue weighted by molar-refractivity contribution is -0.128. The summed E-state index contributed by atoms with van der Waals surface area (Å²) in [5, 5.41) is 3.02. The number of ether oxygens (including phenoxy) is 1. The van der Waals surface area contributed by atoms with Gasteiger partial charge in [0.2, 0.25) is 5.91 Å². The van der Waals surface area contributed by atoms with Crippen LogP contribution in [0.3, 0.4) is 0 Å². The number of nitrogens with zero attached hydrogens (tertiary/aromatic N) is 2. The highest BCUT2D eigenvalue weighted by molar-refractivity contribution is 5.81. The van der Waals surface area contributed by atoms with Gasteiger partial charge >= 0.3 is 0 Å². The number of nitrogens with one attached hydrogen (secondary N) is 1. The minimum Gasteiger partial charge on any atom is -0.491 e. The van der Waals surface area contributed by atoms with Crippen molar-refractivity contribution in [3.63, 3.8) is 0 Å². The van der Waals surface area contributed by atoms with E-state index in [0.29, 0.717) is 13.2 Å². The van der Waals surface area contributed by atoms with Crippen molar-refractivity contribution in [1.82, 2.24) is 14.9 Å². The summed E-state index contributed by atoms with van der Waals surface area (Å²) in [6, 6.07) is 14.4. The maximum Gasteiger partial charge on any atom is 0.225 e. The molecule has 0 aliphatic rings. The molecular formula is C25H33N3O2. The maximum atomic E-state index is 12.1. The Bertz CT molecular complexity index is 1010. The van der Waals surface area contributed by atoms with Gasteiger partial charge in [-0.3, -0.25) is 4.79 Å². The minimum absolute atomic E-state index is 0.0814. The highest BCUT2D eigenvalue weighted by Crippen LogP contribution is 2.20. The first-order valence-corrected chi connectivity index (χ1v) is 10.7. The second-order valence-corrected chi connectivity index (χ2v) is 8.90. The zero-order valence-corrected chi connectivity index (χ0v) is 18.8. The molecule has 30 heavy (non-hydrogen) atoms. The summed E-state index contributed by atoms with van der Waals surface area (Å²) >= 11 is 0. The van der Waals surface area contributed by atoms with Gasteiger partial charge in [0, 0.05) is 18.4 Å². The minimum atomic E-state index is -0.363. The molecule has 0 aliphatic carbocycles. The zero-order valence-electron chi connectivity index (χ0n) is 18.8. The second kappa shape index (κ2) is 9.33. The average molecular weight is 408 g/mol. The van der Waals surface area contributed by atoms with Crippen molar-refractivity contribution in [3.05, 3.63) is 59.4 Å². The maximum absolute atomic E-state index is 12.1. The molecule has 5 heteroatoms. The number of hydrogen-bond acceptors (Lipinski definition) is 3. The molecule has 1 heterocycles. The molecule has 1 N–H and O–H groups in total. The van der Waals surface area contributed by atoms with Crippen LogP contribution in [-0.2, 0) is 17.8 Å². The standard InChI is InChI=1S/C25H33N3O2/c1-18-12-13-22(19(2)17-18)30-16-15-28-21-10-7-6-9-20(21)27-23(28)11-8-14-26-24(29)25(3,4)5/h6-7,9-10,12-13,17H,8,11,14-16H2,1-5H3,(H,26,29). The summed E-state index contributed by atoms with van der Waals surface area (Å²) in [6.45, 7) is 11.9. The Kier molecular flexibility index (Phi) is 6.80. The Hall–Kier alpha value is -2.82. The largest absolute Gasteiger partial charge is 0.491 e. The van der Waals surface area contributed by atoms with Gasteiger partial charge in [0.05, 0.1) is 17.6 Å². The average Bonchev–Trinajstić information content (AvgIpc) is 3.03. The van der Waals surface area contributed by atoms with Crippen LogP contribution in [0.5, 0.6) is 5.75 Å². The van der Waals surface area contributed by atoms with Crippen LogP contribution in [0.4, 0.5) is 0 Å².